The third-order valence-electron chi connectivity index (χ3n) is 4.48. The minimum absolute atomic E-state index is 0.0191. The van der Waals surface area contributed by atoms with Gasteiger partial charge in [-0.2, -0.15) is 5.10 Å². The highest BCUT2D eigenvalue weighted by molar-refractivity contribution is 6.30. The van der Waals surface area contributed by atoms with Gasteiger partial charge in [0.25, 0.3) is 5.91 Å². The van der Waals surface area contributed by atoms with Crippen molar-refractivity contribution in [1.29, 1.82) is 5.41 Å². The molecular weight excluding hydrogens is 392 g/mol. The number of aryl methyl sites for hydroxylation is 1. The van der Waals surface area contributed by atoms with E-state index in [1.54, 1.807) is 44.3 Å². The van der Waals surface area contributed by atoms with Crippen LogP contribution in [-0.4, -0.2) is 32.3 Å². The quantitative estimate of drug-likeness (QED) is 0.326. The molecule has 29 heavy (non-hydrogen) atoms. The van der Waals surface area contributed by atoms with Crippen LogP contribution in [0.5, 0.6) is 5.75 Å². The SMILES string of the molecule is CC(=N)c1ccc(C(=O)Cc2c(C(=O)Nc3ccc(Cl)cc3O)cnn2C)cc1. The van der Waals surface area contributed by atoms with E-state index in [0.717, 1.165) is 5.56 Å². The number of hydrogen-bond donors (Lipinski definition) is 3. The number of nitrogens with one attached hydrogen (secondary N) is 2. The normalized spacial score (nSPS) is 10.6. The largest absolute Gasteiger partial charge is 0.506 e. The number of aromatic hydroxyl groups is 1. The van der Waals surface area contributed by atoms with Crippen LogP contribution in [0.4, 0.5) is 5.69 Å². The van der Waals surface area contributed by atoms with E-state index in [0.29, 0.717) is 22.0 Å². The molecule has 0 aliphatic rings. The number of Topliss-reactive ketones (excluding diaryl/α,β-unsaturated/α-hetero) is 1. The van der Waals surface area contributed by atoms with Gasteiger partial charge in [-0.3, -0.25) is 14.3 Å². The molecule has 0 aliphatic carbocycles. The Morgan fingerprint density at radius 3 is 2.45 bits per heavy atom. The van der Waals surface area contributed by atoms with E-state index in [2.05, 4.69) is 10.4 Å². The topological polar surface area (TPSA) is 108 Å². The number of ketones is 1. The van der Waals surface area contributed by atoms with E-state index in [9.17, 15) is 14.7 Å². The third-order valence-corrected chi connectivity index (χ3v) is 4.72. The molecule has 2 aromatic carbocycles. The zero-order valence-corrected chi connectivity index (χ0v) is 16.6. The molecule has 3 aromatic rings. The number of nitrogens with zero attached hydrogens (tertiary/aromatic N) is 2. The molecule has 1 aromatic heterocycles. The molecule has 3 N–H and O–H groups in total. The lowest BCUT2D eigenvalue weighted by Crippen LogP contribution is -2.17. The molecule has 0 spiro atoms. The predicted molar refractivity (Wildman–Crippen MR) is 111 cm³/mol. The fourth-order valence-corrected chi connectivity index (χ4v) is 2.99. The van der Waals surface area contributed by atoms with Crippen LogP contribution in [-0.2, 0) is 13.5 Å². The van der Waals surface area contributed by atoms with Crippen molar-refractivity contribution in [3.63, 3.8) is 0 Å². The zero-order chi connectivity index (χ0) is 21.1. The Morgan fingerprint density at radius 1 is 1.17 bits per heavy atom. The highest BCUT2D eigenvalue weighted by Gasteiger charge is 2.20. The number of amides is 1. The van der Waals surface area contributed by atoms with Crippen LogP contribution in [0.25, 0.3) is 0 Å². The number of halogens is 1. The van der Waals surface area contributed by atoms with Crippen molar-refractivity contribution in [3.05, 3.63) is 76.1 Å². The standard InChI is InChI=1S/C21H19ClN4O3/c1-12(23)13-3-5-14(6-4-13)19(27)10-18-16(11-24-26(18)2)21(29)25-17-8-7-15(22)9-20(17)28/h3-9,11,23,28H,10H2,1-2H3,(H,25,29). The van der Waals surface area contributed by atoms with Crippen molar-refractivity contribution in [2.75, 3.05) is 5.32 Å². The maximum Gasteiger partial charge on any atom is 0.259 e. The van der Waals surface area contributed by atoms with Crippen molar-refractivity contribution in [3.8, 4) is 5.75 Å². The molecule has 0 radical (unpaired) electrons. The molecule has 0 unspecified atom stereocenters. The lowest BCUT2D eigenvalue weighted by molar-refractivity contribution is 0.0990. The summed E-state index contributed by atoms with van der Waals surface area (Å²) in [7, 11) is 1.65. The van der Waals surface area contributed by atoms with Crippen LogP contribution in [0.1, 0.15) is 38.9 Å². The van der Waals surface area contributed by atoms with Gasteiger partial charge in [0.2, 0.25) is 0 Å². The van der Waals surface area contributed by atoms with Gasteiger partial charge in [-0.05, 0) is 24.6 Å². The maximum absolute atomic E-state index is 12.7. The van der Waals surface area contributed by atoms with Gasteiger partial charge in [-0.15, -0.1) is 0 Å². The summed E-state index contributed by atoms with van der Waals surface area (Å²) in [6, 6.07) is 11.1. The first-order chi connectivity index (χ1) is 13.8. The minimum Gasteiger partial charge on any atom is -0.506 e. The fraction of sp³-hybridized carbons (Fsp3) is 0.143. The second-order valence-electron chi connectivity index (χ2n) is 6.55. The van der Waals surface area contributed by atoms with Crippen LogP contribution in [0.15, 0.2) is 48.7 Å². The molecule has 0 fully saturated rings. The molecule has 8 heteroatoms. The number of hydrogen-bond acceptors (Lipinski definition) is 5. The predicted octanol–water partition coefficient (Wildman–Crippen LogP) is 3.84. The summed E-state index contributed by atoms with van der Waals surface area (Å²) in [5, 5.41) is 24.6. The fourth-order valence-electron chi connectivity index (χ4n) is 2.82. The Labute approximate surface area is 172 Å². The van der Waals surface area contributed by atoms with Crippen LogP contribution in [0.2, 0.25) is 5.02 Å². The van der Waals surface area contributed by atoms with Crippen LogP contribution >= 0.6 is 11.6 Å². The molecule has 148 valence electrons. The summed E-state index contributed by atoms with van der Waals surface area (Å²) in [5.41, 5.74) is 2.54. The summed E-state index contributed by atoms with van der Waals surface area (Å²) < 4.78 is 1.48. The van der Waals surface area contributed by atoms with Gasteiger partial charge >= 0.3 is 0 Å². The Kier molecular flexibility index (Phi) is 5.79. The average molecular weight is 411 g/mol. The van der Waals surface area contributed by atoms with E-state index >= 15 is 0 Å². The number of carbonyl (C=O) groups excluding carboxylic acids is 2. The summed E-state index contributed by atoms with van der Waals surface area (Å²) in [4.78, 5) is 25.4. The number of benzene rings is 2. The first kappa shape index (κ1) is 20.3. The van der Waals surface area contributed by atoms with Crippen molar-refractivity contribution >= 4 is 34.7 Å². The second-order valence-corrected chi connectivity index (χ2v) is 6.98. The Hall–Kier alpha value is -3.45. The van der Waals surface area contributed by atoms with Crippen molar-refractivity contribution in [2.24, 2.45) is 7.05 Å². The molecule has 0 aliphatic heterocycles. The average Bonchev–Trinajstić information content (AvgIpc) is 3.04. The number of carbonyl (C=O) groups is 2. The third kappa shape index (κ3) is 4.52. The molecule has 3 rings (SSSR count). The molecule has 1 amide bonds. The molecule has 7 nitrogen and oxygen atoms in total. The molecule has 0 bridgehead atoms. The van der Waals surface area contributed by atoms with Gasteiger partial charge in [-0.1, -0.05) is 35.9 Å². The van der Waals surface area contributed by atoms with Gasteiger partial charge in [-0.25, -0.2) is 0 Å². The van der Waals surface area contributed by atoms with E-state index in [4.69, 9.17) is 17.0 Å². The number of anilines is 1. The zero-order valence-electron chi connectivity index (χ0n) is 15.9. The van der Waals surface area contributed by atoms with E-state index in [1.807, 2.05) is 0 Å². The number of aromatic nitrogens is 2. The lowest BCUT2D eigenvalue weighted by Gasteiger charge is -2.09. The number of rotatable bonds is 6. The first-order valence-electron chi connectivity index (χ1n) is 8.76. The first-order valence-corrected chi connectivity index (χ1v) is 9.13. The second kappa shape index (κ2) is 8.28. The number of phenols is 1. The monoisotopic (exact) mass is 410 g/mol. The highest BCUT2D eigenvalue weighted by Crippen LogP contribution is 2.27. The molecule has 0 atom stereocenters. The smallest absolute Gasteiger partial charge is 0.259 e. The Balaban J connectivity index is 1.80. The van der Waals surface area contributed by atoms with Gasteiger partial charge in [0.1, 0.15) is 5.75 Å². The Morgan fingerprint density at radius 2 is 1.83 bits per heavy atom. The van der Waals surface area contributed by atoms with Crippen LogP contribution < -0.4 is 5.32 Å². The van der Waals surface area contributed by atoms with E-state index in [-0.39, 0.29) is 29.2 Å². The van der Waals surface area contributed by atoms with E-state index in [1.165, 1.54) is 23.0 Å². The van der Waals surface area contributed by atoms with E-state index < -0.39 is 5.91 Å². The van der Waals surface area contributed by atoms with Gasteiger partial charge < -0.3 is 15.8 Å². The lowest BCUT2D eigenvalue weighted by atomic mass is 10.0. The molecule has 1 heterocycles. The van der Waals surface area contributed by atoms with Gasteiger partial charge in [0, 0.05) is 29.4 Å². The molecule has 0 saturated carbocycles. The van der Waals surface area contributed by atoms with Crippen molar-refractivity contribution in [2.45, 2.75) is 13.3 Å². The summed E-state index contributed by atoms with van der Waals surface area (Å²) in [6.07, 6.45) is 1.36. The summed E-state index contributed by atoms with van der Waals surface area (Å²) in [6.45, 7) is 1.68. The van der Waals surface area contributed by atoms with Crippen molar-refractivity contribution in [1.82, 2.24) is 9.78 Å². The molecular formula is C21H19ClN4O3. The minimum atomic E-state index is -0.492. The van der Waals surface area contributed by atoms with Crippen LogP contribution in [0.3, 0.4) is 0 Å². The Bertz CT molecular complexity index is 1100. The molecule has 0 saturated heterocycles. The van der Waals surface area contributed by atoms with Crippen molar-refractivity contribution < 1.29 is 14.7 Å². The highest BCUT2D eigenvalue weighted by atomic mass is 35.5. The summed E-state index contributed by atoms with van der Waals surface area (Å²) >= 11 is 5.81. The van der Waals surface area contributed by atoms with Gasteiger partial charge in [0.15, 0.2) is 5.78 Å². The van der Waals surface area contributed by atoms with Gasteiger partial charge in [0.05, 0.1) is 29.6 Å². The maximum atomic E-state index is 12.7. The van der Waals surface area contributed by atoms with Crippen LogP contribution in [0, 0.1) is 5.41 Å². The summed E-state index contributed by atoms with van der Waals surface area (Å²) in [5.74, 6) is -0.826. The number of phenolic OH excluding ortho intramolecular Hbond substituents is 1.